The number of nitrogens with zero attached hydrogens (tertiary/aromatic N) is 1. The molecule has 0 atom stereocenters. The van der Waals surface area contributed by atoms with Gasteiger partial charge in [0.15, 0.2) is 0 Å². The fourth-order valence-electron chi connectivity index (χ4n) is 3.53. The summed E-state index contributed by atoms with van der Waals surface area (Å²) in [5.74, 6) is -51.9. The largest absolute Gasteiger partial charge is 0.460 e. The summed E-state index contributed by atoms with van der Waals surface area (Å²) in [6.45, 7) is -0.483. The molecule has 1 N–H and O–H groups in total. The molecule has 0 radical (unpaired) electrons. The van der Waals surface area contributed by atoms with Crippen molar-refractivity contribution in [2.45, 2.75) is 47.0 Å². The molecule has 0 saturated carbocycles. The first kappa shape index (κ1) is 55.4. The van der Waals surface area contributed by atoms with Crippen LogP contribution in [0.2, 0.25) is 0 Å². The standard InChI is InChI=1S/C27H40F17NO11S/c1-45(2-4-49-6-8-51-10-12-53-14-16-55-18-19-56-17-15-54-13-11-52-9-7-50-5-3-46)57(47,48)27(43,44)25(38,39)23(34,35)21(30,31)20(28,29)22(32,33)24(36,37)26(40,41)42/h46H,2-19H2,1H3. The number of hydrogen-bond acceptors (Lipinski definition) is 11. The Morgan fingerprint density at radius 1 is 0.386 bits per heavy atom. The van der Waals surface area contributed by atoms with Crippen LogP contribution in [0.4, 0.5) is 74.6 Å². The highest BCUT2D eigenvalue weighted by Gasteiger charge is 2.96. The predicted octanol–water partition coefficient (Wildman–Crippen LogP) is 4.34. The monoisotopic (exact) mass is 909 g/mol. The van der Waals surface area contributed by atoms with Gasteiger partial charge in [-0.15, -0.1) is 0 Å². The van der Waals surface area contributed by atoms with E-state index in [2.05, 4.69) is 0 Å². The van der Waals surface area contributed by atoms with Crippen LogP contribution in [-0.2, 0) is 47.9 Å². The smallest absolute Gasteiger partial charge is 0.394 e. The van der Waals surface area contributed by atoms with Gasteiger partial charge < -0.3 is 43.0 Å². The molecule has 0 saturated heterocycles. The zero-order valence-corrected chi connectivity index (χ0v) is 30.4. The molecule has 0 heterocycles. The molecular weight excluding hydrogens is 869 g/mol. The van der Waals surface area contributed by atoms with Crippen molar-refractivity contribution < 1.29 is 126 Å². The van der Waals surface area contributed by atoms with Crippen molar-refractivity contribution in [3.05, 3.63) is 0 Å². The van der Waals surface area contributed by atoms with Crippen LogP contribution in [-0.4, -0.2) is 191 Å². The summed E-state index contributed by atoms with van der Waals surface area (Å²) in [6.07, 6.45) is -7.91. The fourth-order valence-corrected chi connectivity index (χ4v) is 4.68. The van der Waals surface area contributed by atoms with Crippen molar-refractivity contribution in [1.29, 1.82) is 0 Å². The predicted molar refractivity (Wildman–Crippen MR) is 156 cm³/mol. The van der Waals surface area contributed by atoms with E-state index in [0.29, 0.717) is 39.6 Å². The van der Waals surface area contributed by atoms with Crippen molar-refractivity contribution in [2.75, 3.05) is 126 Å². The average Bonchev–Trinajstić information content (AvgIpc) is 3.10. The molecule has 12 nitrogen and oxygen atoms in total. The summed E-state index contributed by atoms with van der Waals surface area (Å²) in [5, 5.41) is 0.907. The lowest BCUT2D eigenvalue weighted by atomic mass is 9.91. The lowest BCUT2D eigenvalue weighted by molar-refractivity contribution is -0.458. The minimum Gasteiger partial charge on any atom is -0.394 e. The second-order valence-electron chi connectivity index (χ2n) is 10.9. The summed E-state index contributed by atoms with van der Waals surface area (Å²) in [6, 6.07) is 0. The number of rotatable bonds is 34. The minimum absolute atomic E-state index is 0.00111. The fraction of sp³-hybridized carbons (Fsp3) is 1.00. The third kappa shape index (κ3) is 13.9. The number of alkyl halides is 17. The highest BCUT2D eigenvalue weighted by molar-refractivity contribution is 7.90. The third-order valence-electron chi connectivity index (χ3n) is 6.82. The molecule has 0 aromatic heterocycles. The van der Waals surface area contributed by atoms with Gasteiger partial charge in [0.25, 0.3) is 10.0 Å². The average molecular weight is 910 g/mol. The van der Waals surface area contributed by atoms with Crippen molar-refractivity contribution in [2.24, 2.45) is 0 Å². The van der Waals surface area contributed by atoms with Gasteiger partial charge in [0.2, 0.25) is 0 Å². The molecule has 0 amide bonds. The molecule has 0 aromatic rings. The van der Waals surface area contributed by atoms with E-state index in [9.17, 15) is 83.1 Å². The summed E-state index contributed by atoms with van der Waals surface area (Å²) >= 11 is 0. The van der Waals surface area contributed by atoms with E-state index >= 15 is 0 Å². The molecule has 0 aliphatic heterocycles. The number of sulfonamides is 1. The summed E-state index contributed by atoms with van der Waals surface area (Å²) in [4.78, 5) is 0. The zero-order chi connectivity index (χ0) is 44.5. The number of hydrogen-bond donors (Lipinski definition) is 1. The van der Waals surface area contributed by atoms with E-state index in [4.69, 9.17) is 43.0 Å². The van der Waals surface area contributed by atoms with E-state index < -0.39 is 81.1 Å². The molecule has 30 heteroatoms. The van der Waals surface area contributed by atoms with Gasteiger partial charge in [-0.05, 0) is 0 Å². The summed E-state index contributed by atoms with van der Waals surface area (Å²) in [7, 11) is -7.46. The Morgan fingerprint density at radius 3 is 0.877 bits per heavy atom. The Balaban J connectivity index is 4.58. The van der Waals surface area contributed by atoms with Crippen molar-refractivity contribution in [3.63, 3.8) is 0 Å². The first-order valence-electron chi connectivity index (χ1n) is 15.9. The maximum atomic E-state index is 14.3. The van der Waals surface area contributed by atoms with Crippen molar-refractivity contribution >= 4 is 10.0 Å². The molecule has 0 bridgehead atoms. The van der Waals surface area contributed by atoms with Gasteiger partial charge in [0.1, 0.15) is 0 Å². The maximum absolute atomic E-state index is 14.3. The molecule has 0 unspecified atom stereocenters. The summed E-state index contributed by atoms with van der Waals surface area (Å²) < 4.78 is 293. The van der Waals surface area contributed by atoms with Gasteiger partial charge in [-0.1, -0.05) is 0 Å². The van der Waals surface area contributed by atoms with E-state index in [1.54, 1.807) is 0 Å². The van der Waals surface area contributed by atoms with E-state index in [1.807, 2.05) is 0 Å². The van der Waals surface area contributed by atoms with Crippen LogP contribution >= 0.6 is 0 Å². The minimum atomic E-state index is -8.90. The number of halogens is 17. The van der Waals surface area contributed by atoms with Crippen LogP contribution < -0.4 is 0 Å². The molecule has 0 aromatic carbocycles. The first-order chi connectivity index (χ1) is 26.0. The quantitative estimate of drug-likeness (QED) is 0.0732. The highest BCUT2D eigenvalue weighted by atomic mass is 32.2. The summed E-state index contributed by atoms with van der Waals surface area (Å²) in [5.41, 5.74) is 0. The molecule has 344 valence electrons. The van der Waals surface area contributed by atoms with Gasteiger partial charge in [-0.2, -0.15) is 78.9 Å². The lowest BCUT2D eigenvalue weighted by Gasteiger charge is -2.42. The van der Waals surface area contributed by atoms with Crippen LogP contribution in [0.3, 0.4) is 0 Å². The highest BCUT2D eigenvalue weighted by Crippen LogP contribution is 2.64. The third-order valence-corrected chi connectivity index (χ3v) is 8.73. The Hall–Kier alpha value is -1.64. The van der Waals surface area contributed by atoms with Gasteiger partial charge in [0.05, 0.1) is 112 Å². The topological polar surface area (TPSA) is 131 Å². The van der Waals surface area contributed by atoms with Crippen LogP contribution in [0.15, 0.2) is 0 Å². The number of ether oxygens (including phenoxy) is 8. The van der Waals surface area contributed by atoms with Gasteiger partial charge >= 0.3 is 47.0 Å². The lowest BCUT2D eigenvalue weighted by Crippen LogP contribution is -2.75. The van der Waals surface area contributed by atoms with Gasteiger partial charge in [-0.3, -0.25) is 0 Å². The SMILES string of the molecule is CN(CCOCCOCCOCCOCCOCCOCCOCCOCCO)S(=O)(=O)C(F)(F)C(F)(F)C(F)(F)C(F)(F)C(F)(F)C(F)(F)C(F)(F)C(F)(F)F. The van der Waals surface area contributed by atoms with Crippen LogP contribution in [0.1, 0.15) is 0 Å². The van der Waals surface area contributed by atoms with E-state index in [1.165, 1.54) is 0 Å². The van der Waals surface area contributed by atoms with Gasteiger partial charge in [0, 0.05) is 13.6 Å². The molecule has 57 heavy (non-hydrogen) atoms. The number of likely N-dealkylation sites (N-methyl/N-ethyl adjacent to an activating group) is 1. The molecule has 0 spiro atoms. The Bertz CT molecular complexity index is 1230. The Labute approximate surface area is 313 Å². The molecule has 0 aliphatic rings. The van der Waals surface area contributed by atoms with Crippen molar-refractivity contribution in [1.82, 2.24) is 4.31 Å². The van der Waals surface area contributed by atoms with Crippen LogP contribution in [0.25, 0.3) is 0 Å². The molecule has 0 rings (SSSR count). The molecular formula is C27H40F17NO11S. The van der Waals surface area contributed by atoms with E-state index in [0.717, 1.165) is 0 Å². The first-order valence-corrected chi connectivity index (χ1v) is 17.3. The van der Waals surface area contributed by atoms with Gasteiger partial charge in [-0.25, -0.2) is 8.42 Å². The van der Waals surface area contributed by atoms with E-state index in [-0.39, 0.29) is 66.5 Å². The Morgan fingerprint density at radius 2 is 0.614 bits per heavy atom. The molecule has 0 aliphatic carbocycles. The number of aliphatic hydroxyl groups is 1. The molecule has 0 fully saturated rings. The van der Waals surface area contributed by atoms with Crippen LogP contribution in [0, 0.1) is 0 Å². The zero-order valence-electron chi connectivity index (χ0n) is 29.5. The van der Waals surface area contributed by atoms with Crippen molar-refractivity contribution in [3.8, 4) is 0 Å². The van der Waals surface area contributed by atoms with Crippen LogP contribution in [0.5, 0.6) is 0 Å². The Kier molecular flexibility index (Phi) is 22.7. The second kappa shape index (κ2) is 23.4. The normalized spacial score (nSPS) is 14.6. The number of aliphatic hydroxyl groups excluding tert-OH is 1. The maximum Gasteiger partial charge on any atom is 0.460 e. The second-order valence-corrected chi connectivity index (χ2v) is 13.0.